The molecule has 0 spiro atoms. The summed E-state index contributed by atoms with van der Waals surface area (Å²) in [5, 5.41) is 2.87. The third-order valence-electron chi connectivity index (χ3n) is 5.59. The van der Waals surface area contributed by atoms with Gasteiger partial charge in [-0.15, -0.1) is 0 Å². The van der Waals surface area contributed by atoms with Crippen molar-refractivity contribution in [2.75, 3.05) is 44.4 Å². The van der Waals surface area contributed by atoms with Crippen molar-refractivity contribution in [1.82, 2.24) is 9.21 Å². The average molecular weight is 460 g/mol. The number of benzene rings is 2. The predicted octanol–water partition coefficient (Wildman–Crippen LogP) is 2.50. The van der Waals surface area contributed by atoms with E-state index in [9.17, 15) is 18.0 Å². The second-order valence-corrected chi connectivity index (χ2v) is 10.0. The fourth-order valence-electron chi connectivity index (χ4n) is 3.61. The van der Waals surface area contributed by atoms with Gasteiger partial charge in [0.15, 0.2) is 0 Å². The molecular formula is C23H29N3O5S. The average Bonchev–Trinajstić information content (AvgIpc) is 2.80. The molecule has 0 bridgehead atoms. The standard InChI is InChI=1S/C23H29N3O5S/c1-4-32(29,30)26-12-10-25(11-13-26)16-18-6-5-7-19(14-18)22(27)24-21-15-20(23(28)31-3)9-8-17(21)2/h5-9,14-15H,4,10-13,16H2,1-3H3,(H,24,27). The minimum atomic E-state index is -3.15. The number of anilines is 1. The van der Waals surface area contributed by atoms with Crippen LogP contribution in [0.25, 0.3) is 0 Å². The normalized spacial score (nSPS) is 15.3. The summed E-state index contributed by atoms with van der Waals surface area (Å²) in [5.74, 6) is -0.614. The van der Waals surface area contributed by atoms with E-state index in [0.29, 0.717) is 49.5 Å². The van der Waals surface area contributed by atoms with E-state index >= 15 is 0 Å². The number of nitrogens with one attached hydrogen (secondary N) is 1. The summed E-state index contributed by atoms with van der Waals surface area (Å²) < 4.78 is 30.3. The first kappa shape index (κ1) is 23.9. The number of piperazine rings is 1. The molecule has 0 aromatic heterocycles. The molecule has 0 unspecified atom stereocenters. The summed E-state index contributed by atoms with van der Waals surface area (Å²) in [7, 11) is -1.84. The van der Waals surface area contributed by atoms with Crippen LogP contribution in [0.3, 0.4) is 0 Å². The Morgan fingerprint density at radius 1 is 1.03 bits per heavy atom. The van der Waals surface area contributed by atoms with Crippen LogP contribution in [0.5, 0.6) is 0 Å². The van der Waals surface area contributed by atoms with Crippen LogP contribution in [-0.2, 0) is 21.3 Å². The van der Waals surface area contributed by atoms with E-state index in [1.54, 1.807) is 31.2 Å². The van der Waals surface area contributed by atoms with E-state index in [2.05, 4.69) is 10.2 Å². The molecule has 1 heterocycles. The number of nitrogens with zero attached hydrogens (tertiary/aromatic N) is 2. The maximum absolute atomic E-state index is 12.8. The fraction of sp³-hybridized carbons (Fsp3) is 0.391. The third kappa shape index (κ3) is 5.73. The van der Waals surface area contributed by atoms with Gasteiger partial charge in [-0.05, 0) is 49.2 Å². The molecule has 32 heavy (non-hydrogen) atoms. The van der Waals surface area contributed by atoms with Crippen LogP contribution in [0.15, 0.2) is 42.5 Å². The second kappa shape index (κ2) is 10.2. The lowest BCUT2D eigenvalue weighted by molar-refractivity contribution is 0.0600. The quantitative estimate of drug-likeness (QED) is 0.639. The Morgan fingerprint density at radius 3 is 2.41 bits per heavy atom. The van der Waals surface area contributed by atoms with Crippen LogP contribution in [0.1, 0.15) is 38.8 Å². The van der Waals surface area contributed by atoms with Crippen LogP contribution < -0.4 is 5.32 Å². The summed E-state index contributed by atoms with van der Waals surface area (Å²) in [6.07, 6.45) is 0. The lowest BCUT2D eigenvalue weighted by atomic mass is 10.1. The van der Waals surface area contributed by atoms with E-state index in [-0.39, 0.29) is 11.7 Å². The molecule has 1 fully saturated rings. The summed E-state index contributed by atoms with van der Waals surface area (Å²) in [6.45, 7) is 6.40. The molecule has 1 aliphatic heterocycles. The Bertz CT molecular complexity index is 1090. The van der Waals surface area contributed by atoms with Gasteiger partial charge in [0, 0.05) is 44.0 Å². The highest BCUT2D eigenvalue weighted by Gasteiger charge is 2.25. The van der Waals surface area contributed by atoms with Crippen LogP contribution in [-0.4, -0.2) is 68.5 Å². The molecule has 3 rings (SSSR count). The lowest BCUT2D eigenvalue weighted by Gasteiger charge is -2.33. The number of methoxy groups -OCH3 is 1. The molecule has 1 aliphatic rings. The van der Waals surface area contributed by atoms with Crippen LogP contribution in [0.4, 0.5) is 5.69 Å². The summed E-state index contributed by atoms with van der Waals surface area (Å²) >= 11 is 0. The van der Waals surface area contributed by atoms with Crippen molar-refractivity contribution in [2.45, 2.75) is 20.4 Å². The van der Waals surface area contributed by atoms with Gasteiger partial charge in [-0.2, -0.15) is 4.31 Å². The largest absolute Gasteiger partial charge is 0.465 e. The Kier molecular flexibility index (Phi) is 7.65. The smallest absolute Gasteiger partial charge is 0.337 e. The molecule has 1 saturated heterocycles. The van der Waals surface area contributed by atoms with Gasteiger partial charge in [-0.3, -0.25) is 9.69 Å². The number of ether oxygens (including phenoxy) is 1. The summed E-state index contributed by atoms with van der Waals surface area (Å²) in [4.78, 5) is 26.8. The predicted molar refractivity (Wildman–Crippen MR) is 123 cm³/mol. The van der Waals surface area contributed by atoms with Gasteiger partial charge in [-0.1, -0.05) is 18.2 Å². The molecule has 9 heteroatoms. The zero-order chi connectivity index (χ0) is 23.3. The Labute approximate surface area is 189 Å². The van der Waals surface area contributed by atoms with Crippen molar-refractivity contribution in [3.05, 3.63) is 64.7 Å². The van der Waals surface area contributed by atoms with Gasteiger partial charge in [0.05, 0.1) is 18.4 Å². The van der Waals surface area contributed by atoms with E-state index < -0.39 is 16.0 Å². The van der Waals surface area contributed by atoms with Gasteiger partial charge in [0.2, 0.25) is 10.0 Å². The van der Waals surface area contributed by atoms with Crippen molar-refractivity contribution in [3.8, 4) is 0 Å². The Morgan fingerprint density at radius 2 is 1.75 bits per heavy atom. The first-order chi connectivity index (χ1) is 15.2. The summed E-state index contributed by atoms with van der Waals surface area (Å²) in [6, 6.07) is 12.4. The van der Waals surface area contributed by atoms with Crippen LogP contribution in [0.2, 0.25) is 0 Å². The molecule has 172 valence electrons. The van der Waals surface area contributed by atoms with Crippen LogP contribution >= 0.6 is 0 Å². The highest BCUT2D eigenvalue weighted by Crippen LogP contribution is 2.19. The molecule has 0 radical (unpaired) electrons. The van der Waals surface area contributed by atoms with Gasteiger partial charge in [-0.25, -0.2) is 13.2 Å². The molecule has 1 N–H and O–H groups in total. The minimum absolute atomic E-state index is 0.117. The molecule has 2 aromatic rings. The first-order valence-electron chi connectivity index (χ1n) is 10.5. The maximum atomic E-state index is 12.8. The van der Waals surface area contributed by atoms with Gasteiger partial charge in [0.25, 0.3) is 5.91 Å². The van der Waals surface area contributed by atoms with E-state index in [1.165, 1.54) is 11.4 Å². The molecule has 0 atom stereocenters. The van der Waals surface area contributed by atoms with Crippen molar-refractivity contribution in [3.63, 3.8) is 0 Å². The number of carbonyl (C=O) groups excluding carboxylic acids is 2. The van der Waals surface area contributed by atoms with Crippen LogP contribution in [0, 0.1) is 6.92 Å². The number of esters is 1. The number of amides is 1. The highest BCUT2D eigenvalue weighted by atomic mass is 32.2. The lowest BCUT2D eigenvalue weighted by Crippen LogP contribution is -2.48. The Balaban J connectivity index is 1.65. The Hall–Kier alpha value is -2.75. The zero-order valence-electron chi connectivity index (χ0n) is 18.6. The maximum Gasteiger partial charge on any atom is 0.337 e. The van der Waals surface area contributed by atoms with E-state index in [0.717, 1.165) is 11.1 Å². The molecule has 8 nitrogen and oxygen atoms in total. The minimum Gasteiger partial charge on any atom is -0.465 e. The number of aryl methyl sites for hydroxylation is 1. The molecule has 1 amide bonds. The number of rotatable bonds is 7. The van der Waals surface area contributed by atoms with Crippen molar-refractivity contribution in [1.29, 1.82) is 0 Å². The van der Waals surface area contributed by atoms with Crippen molar-refractivity contribution in [2.24, 2.45) is 0 Å². The molecule has 0 aliphatic carbocycles. The van der Waals surface area contributed by atoms with Crippen molar-refractivity contribution < 1.29 is 22.7 Å². The fourth-order valence-corrected chi connectivity index (χ4v) is 4.70. The number of hydrogen-bond acceptors (Lipinski definition) is 6. The van der Waals surface area contributed by atoms with Crippen molar-refractivity contribution >= 4 is 27.6 Å². The third-order valence-corrected chi connectivity index (χ3v) is 7.47. The van der Waals surface area contributed by atoms with E-state index in [1.807, 2.05) is 25.1 Å². The second-order valence-electron chi connectivity index (χ2n) is 7.75. The van der Waals surface area contributed by atoms with Gasteiger partial charge >= 0.3 is 5.97 Å². The van der Waals surface area contributed by atoms with E-state index in [4.69, 9.17) is 4.74 Å². The number of hydrogen-bond donors (Lipinski definition) is 1. The number of sulfonamides is 1. The SMILES string of the molecule is CCS(=O)(=O)N1CCN(Cc2cccc(C(=O)Nc3cc(C(=O)OC)ccc3C)c2)CC1. The molecule has 0 saturated carbocycles. The summed E-state index contributed by atoms with van der Waals surface area (Å²) in [5.41, 5.74) is 3.24. The van der Waals surface area contributed by atoms with Gasteiger partial charge in [0.1, 0.15) is 0 Å². The molecule has 2 aromatic carbocycles. The van der Waals surface area contributed by atoms with Gasteiger partial charge < -0.3 is 10.1 Å². The highest BCUT2D eigenvalue weighted by molar-refractivity contribution is 7.89. The first-order valence-corrected chi connectivity index (χ1v) is 12.1. The molecular weight excluding hydrogens is 430 g/mol. The monoisotopic (exact) mass is 459 g/mol. The topological polar surface area (TPSA) is 96.0 Å². The zero-order valence-corrected chi connectivity index (χ0v) is 19.4. The number of carbonyl (C=O) groups is 2.